The van der Waals surface area contributed by atoms with E-state index in [1.165, 1.54) is 0 Å². The molecule has 0 amide bonds. The first-order valence-corrected chi connectivity index (χ1v) is 6.13. The third kappa shape index (κ3) is 3.01. The molecular weight excluding hydrogens is 246 g/mol. The molecule has 18 heavy (non-hydrogen) atoms. The van der Waals surface area contributed by atoms with E-state index >= 15 is 0 Å². The van der Waals surface area contributed by atoms with Gasteiger partial charge in [0.05, 0.1) is 6.04 Å². The van der Waals surface area contributed by atoms with Crippen LogP contribution in [0.1, 0.15) is 17.2 Å². The fourth-order valence-corrected chi connectivity index (χ4v) is 2.07. The minimum absolute atomic E-state index is 0.00706. The summed E-state index contributed by atoms with van der Waals surface area (Å²) in [5, 5.41) is 0.732. The van der Waals surface area contributed by atoms with Crippen LogP contribution in [0.4, 0.5) is 5.69 Å². The zero-order valence-electron chi connectivity index (χ0n) is 9.94. The third-order valence-corrected chi connectivity index (χ3v) is 3.18. The molecule has 1 unspecified atom stereocenters. The summed E-state index contributed by atoms with van der Waals surface area (Å²) in [5.74, 6) is 5.62. The number of hydrogen-bond donors (Lipinski definition) is 3. The van der Waals surface area contributed by atoms with Gasteiger partial charge in [0.1, 0.15) is 0 Å². The summed E-state index contributed by atoms with van der Waals surface area (Å²) in [6, 6.07) is 15.5. The molecule has 0 heterocycles. The normalized spacial score (nSPS) is 12.3. The van der Waals surface area contributed by atoms with E-state index in [1.807, 2.05) is 48.5 Å². The maximum atomic E-state index is 5.96. The largest absolute Gasteiger partial charge is 0.398 e. The van der Waals surface area contributed by atoms with Crippen molar-refractivity contribution < 1.29 is 0 Å². The summed E-state index contributed by atoms with van der Waals surface area (Å²) in [6.07, 6.45) is 0.766. The second-order valence-electron chi connectivity index (χ2n) is 4.18. The van der Waals surface area contributed by atoms with Crippen LogP contribution in [0, 0.1) is 0 Å². The van der Waals surface area contributed by atoms with Crippen LogP contribution < -0.4 is 17.0 Å². The van der Waals surface area contributed by atoms with Gasteiger partial charge in [-0.25, -0.2) is 0 Å². The summed E-state index contributed by atoms with van der Waals surface area (Å²) in [7, 11) is 0. The van der Waals surface area contributed by atoms with E-state index in [2.05, 4.69) is 5.43 Å². The molecule has 0 bridgehead atoms. The summed E-state index contributed by atoms with van der Waals surface area (Å²) >= 11 is 5.86. The lowest BCUT2D eigenvalue weighted by Gasteiger charge is -2.18. The summed E-state index contributed by atoms with van der Waals surface area (Å²) in [5.41, 5.74) is 11.7. The molecule has 0 aromatic heterocycles. The molecule has 0 aliphatic rings. The van der Waals surface area contributed by atoms with Crippen LogP contribution in [-0.2, 0) is 6.42 Å². The monoisotopic (exact) mass is 261 g/mol. The van der Waals surface area contributed by atoms with Crippen molar-refractivity contribution in [3.8, 4) is 0 Å². The number of nitrogens with two attached hydrogens (primary N) is 2. The Hall–Kier alpha value is -1.55. The van der Waals surface area contributed by atoms with Gasteiger partial charge in [-0.05, 0) is 35.7 Å². The van der Waals surface area contributed by atoms with Crippen molar-refractivity contribution in [3.05, 3.63) is 64.7 Å². The Bertz CT molecular complexity index is 511. The standard InChI is InChI=1S/C14H16ClN3/c15-11-7-5-10(6-8-11)9-14(18-17)12-3-1-2-4-13(12)16/h1-8,14,18H,9,16-17H2. The molecule has 0 spiro atoms. The van der Waals surface area contributed by atoms with E-state index < -0.39 is 0 Å². The van der Waals surface area contributed by atoms with Gasteiger partial charge in [-0.15, -0.1) is 0 Å². The SMILES string of the molecule is NNC(Cc1ccc(Cl)cc1)c1ccccc1N. The maximum Gasteiger partial charge on any atom is 0.0520 e. The van der Waals surface area contributed by atoms with Crippen molar-refractivity contribution in [1.82, 2.24) is 5.43 Å². The first-order chi connectivity index (χ1) is 8.70. The molecule has 0 fully saturated rings. The van der Waals surface area contributed by atoms with E-state index in [9.17, 15) is 0 Å². The van der Waals surface area contributed by atoms with Crippen LogP contribution >= 0.6 is 11.6 Å². The Kier molecular flexibility index (Phi) is 4.20. The summed E-state index contributed by atoms with van der Waals surface area (Å²) in [4.78, 5) is 0. The third-order valence-electron chi connectivity index (χ3n) is 2.93. The van der Waals surface area contributed by atoms with Crippen LogP contribution in [0.25, 0.3) is 0 Å². The van der Waals surface area contributed by atoms with Gasteiger partial charge in [-0.2, -0.15) is 0 Å². The number of rotatable bonds is 4. The first kappa shape index (κ1) is 12.9. The molecule has 94 valence electrons. The lowest BCUT2D eigenvalue weighted by molar-refractivity contribution is 0.553. The number of hydrazine groups is 1. The minimum atomic E-state index is -0.00706. The van der Waals surface area contributed by atoms with Gasteiger partial charge in [0.2, 0.25) is 0 Å². The molecule has 0 aliphatic carbocycles. The molecule has 0 aliphatic heterocycles. The highest BCUT2D eigenvalue weighted by Crippen LogP contribution is 2.23. The van der Waals surface area contributed by atoms with Gasteiger partial charge in [0, 0.05) is 10.7 Å². The van der Waals surface area contributed by atoms with Gasteiger partial charge >= 0.3 is 0 Å². The molecule has 5 N–H and O–H groups in total. The van der Waals surface area contributed by atoms with E-state index in [4.69, 9.17) is 23.2 Å². The fourth-order valence-electron chi connectivity index (χ4n) is 1.94. The molecule has 2 aromatic carbocycles. The van der Waals surface area contributed by atoms with Gasteiger partial charge in [-0.1, -0.05) is 41.9 Å². The number of nitrogen functional groups attached to an aromatic ring is 1. The quantitative estimate of drug-likeness (QED) is 0.450. The van der Waals surface area contributed by atoms with Crippen LogP contribution in [0.5, 0.6) is 0 Å². The van der Waals surface area contributed by atoms with Crippen LogP contribution in [0.3, 0.4) is 0 Å². The highest BCUT2D eigenvalue weighted by atomic mass is 35.5. The average Bonchev–Trinajstić information content (AvgIpc) is 2.39. The van der Waals surface area contributed by atoms with Gasteiger partial charge < -0.3 is 5.73 Å². The second kappa shape index (κ2) is 5.87. The number of hydrogen-bond acceptors (Lipinski definition) is 3. The van der Waals surface area contributed by atoms with Crippen molar-refractivity contribution in [2.45, 2.75) is 12.5 Å². The number of para-hydroxylation sites is 1. The lowest BCUT2D eigenvalue weighted by atomic mass is 9.98. The van der Waals surface area contributed by atoms with E-state index in [0.29, 0.717) is 0 Å². The van der Waals surface area contributed by atoms with E-state index in [1.54, 1.807) is 0 Å². The predicted octanol–water partition coefficient (Wildman–Crippen LogP) is 2.67. The smallest absolute Gasteiger partial charge is 0.0520 e. The highest BCUT2D eigenvalue weighted by Gasteiger charge is 2.12. The van der Waals surface area contributed by atoms with Gasteiger partial charge in [0.15, 0.2) is 0 Å². The van der Waals surface area contributed by atoms with Crippen LogP contribution in [0.15, 0.2) is 48.5 Å². The zero-order chi connectivity index (χ0) is 13.0. The Morgan fingerprint density at radius 1 is 1.06 bits per heavy atom. The van der Waals surface area contributed by atoms with Crippen molar-refractivity contribution in [2.24, 2.45) is 5.84 Å². The van der Waals surface area contributed by atoms with Crippen LogP contribution in [0.2, 0.25) is 5.02 Å². The van der Waals surface area contributed by atoms with E-state index in [-0.39, 0.29) is 6.04 Å². The number of halogens is 1. The van der Waals surface area contributed by atoms with Gasteiger partial charge in [-0.3, -0.25) is 11.3 Å². The average molecular weight is 262 g/mol. The van der Waals surface area contributed by atoms with Crippen molar-refractivity contribution in [1.29, 1.82) is 0 Å². The lowest BCUT2D eigenvalue weighted by Crippen LogP contribution is -2.30. The maximum absolute atomic E-state index is 5.96. The molecule has 2 rings (SSSR count). The van der Waals surface area contributed by atoms with Crippen LogP contribution in [-0.4, -0.2) is 0 Å². The molecular formula is C14H16ClN3. The molecule has 0 saturated heterocycles. The Labute approximate surface area is 112 Å². The number of nitrogens with one attached hydrogen (secondary N) is 1. The van der Waals surface area contributed by atoms with Crippen molar-refractivity contribution >= 4 is 17.3 Å². The fraction of sp³-hybridized carbons (Fsp3) is 0.143. The second-order valence-corrected chi connectivity index (χ2v) is 4.62. The number of anilines is 1. The molecule has 0 saturated carbocycles. The number of benzene rings is 2. The zero-order valence-corrected chi connectivity index (χ0v) is 10.7. The first-order valence-electron chi connectivity index (χ1n) is 5.75. The topological polar surface area (TPSA) is 64.1 Å². The summed E-state index contributed by atoms with van der Waals surface area (Å²) < 4.78 is 0. The Morgan fingerprint density at radius 3 is 2.33 bits per heavy atom. The Balaban J connectivity index is 2.20. The predicted molar refractivity (Wildman–Crippen MR) is 76.1 cm³/mol. The Morgan fingerprint density at radius 2 is 1.72 bits per heavy atom. The molecule has 1 atom stereocenters. The molecule has 0 radical (unpaired) electrons. The van der Waals surface area contributed by atoms with Crippen molar-refractivity contribution in [3.63, 3.8) is 0 Å². The summed E-state index contributed by atoms with van der Waals surface area (Å²) in [6.45, 7) is 0. The molecule has 3 nitrogen and oxygen atoms in total. The van der Waals surface area contributed by atoms with Gasteiger partial charge in [0.25, 0.3) is 0 Å². The molecule has 4 heteroatoms. The minimum Gasteiger partial charge on any atom is -0.398 e. The molecule has 2 aromatic rings. The van der Waals surface area contributed by atoms with E-state index in [0.717, 1.165) is 28.3 Å². The highest BCUT2D eigenvalue weighted by molar-refractivity contribution is 6.30. The van der Waals surface area contributed by atoms with Crippen molar-refractivity contribution in [2.75, 3.05) is 5.73 Å².